The summed E-state index contributed by atoms with van der Waals surface area (Å²) in [7, 11) is 0. The summed E-state index contributed by atoms with van der Waals surface area (Å²) in [5.74, 6) is 0.651. The van der Waals surface area contributed by atoms with E-state index >= 15 is 0 Å². The molecule has 15 heavy (non-hydrogen) atoms. The zero-order valence-electron chi connectivity index (χ0n) is 10.2. The number of hydrogen-bond donors (Lipinski definition) is 1. The maximum atomic E-state index is 4.73. The van der Waals surface area contributed by atoms with Crippen molar-refractivity contribution in [3.63, 3.8) is 0 Å². The van der Waals surface area contributed by atoms with Gasteiger partial charge in [-0.1, -0.05) is 20.8 Å². The average molecular weight is 226 g/mol. The van der Waals surface area contributed by atoms with Crippen molar-refractivity contribution < 1.29 is 0 Å². The SMILES string of the molecule is CCNC(C)c1csc(C(CC)CC)n1. The Morgan fingerprint density at radius 2 is 2.00 bits per heavy atom. The van der Waals surface area contributed by atoms with Crippen molar-refractivity contribution in [2.45, 2.75) is 52.5 Å². The third kappa shape index (κ3) is 3.28. The third-order valence-electron chi connectivity index (χ3n) is 2.83. The fraction of sp³-hybridized carbons (Fsp3) is 0.750. The van der Waals surface area contributed by atoms with Crippen LogP contribution < -0.4 is 5.32 Å². The van der Waals surface area contributed by atoms with Crippen LogP contribution in [-0.4, -0.2) is 11.5 Å². The first-order valence-corrected chi connectivity index (χ1v) is 6.79. The van der Waals surface area contributed by atoms with Gasteiger partial charge < -0.3 is 5.32 Å². The first-order valence-electron chi connectivity index (χ1n) is 5.91. The van der Waals surface area contributed by atoms with Gasteiger partial charge in [0.05, 0.1) is 10.7 Å². The van der Waals surface area contributed by atoms with Crippen LogP contribution in [0.3, 0.4) is 0 Å². The van der Waals surface area contributed by atoms with Gasteiger partial charge in [0.15, 0.2) is 0 Å². The quantitative estimate of drug-likeness (QED) is 0.799. The molecule has 0 fully saturated rings. The van der Waals surface area contributed by atoms with E-state index < -0.39 is 0 Å². The van der Waals surface area contributed by atoms with Gasteiger partial charge >= 0.3 is 0 Å². The maximum Gasteiger partial charge on any atom is 0.0959 e. The molecule has 1 heterocycles. The maximum absolute atomic E-state index is 4.73. The lowest BCUT2D eigenvalue weighted by atomic mass is 10.1. The van der Waals surface area contributed by atoms with Crippen molar-refractivity contribution in [1.82, 2.24) is 10.3 Å². The molecule has 2 nitrogen and oxygen atoms in total. The predicted molar refractivity (Wildman–Crippen MR) is 67.5 cm³/mol. The number of aromatic nitrogens is 1. The van der Waals surface area contributed by atoms with Crippen LogP contribution in [0.1, 0.15) is 63.2 Å². The second-order valence-corrected chi connectivity index (χ2v) is 4.79. The van der Waals surface area contributed by atoms with Gasteiger partial charge in [-0.3, -0.25) is 0 Å². The van der Waals surface area contributed by atoms with Crippen LogP contribution in [0.25, 0.3) is 0 Å². The Morgan fingerprint density at radius 3 is 2.53 bits per heavy atom. The highest BCUT2D eigenvalue weighted by Gasteiger charge is 2.14. The zero-order chi connectivity index (χ0) is 11.3. The van der Waals surface area contributed by atoms with Crippen LogP contribution in [0.5, 0.6) is 0 Å². The van der Waals surface area contributed by atoms with Gasteiger partial charge in [-0.15, -0.1) is 11.3 Å². The molecule has 0 aliphatic heterocycles. The lowest BCUT2D eigenvalue weighted by Crippen LogP contribution is -2.18. The molecule has 1 rings (SSSR count). The van der Waals surface area contributed by atoms with Crippen LogP contribution in [0.15, 0.2) is 5.38 Å². The van der Waals surface area contributed by atoms with Gasteiger partial charge in [0.2, 0.25) is 0 Å². The summed E-state index contributed by atoms with van der Waals surface area (Å²) in [5.41, 5.74) is 1.20. The van der Waals surface area contributed by atoms with Crippen LogP contribution in [0, 0.1) is 0 Å². The molecule has 0 spiro atoms. The van der Waals surface area contributed by atoms with E-state index in [1.807, 2.05) is 11.3 Å². The van der Waals surface area contributed by atoms with E-state index in [1.165, 1.54) is 23.5 Å². The first-order chi connectivity index (χ1) is 7.22. The molecule has 0 radical (unpaired) electrons. The number of hydrogen-bond acceptors (Lipinski definition) is 3. The third-order valence-corrected chi connectivity index (χ3v) is 3.85. The Kier molecular flexibility index (Phi) is 5.26. The molecule has 1 aromatic rings. The molecule has 1 aromatic heterocycles. The summed E-state index contributed by atoms with van der Waals surface area (Å²) >= 11 is 1.81. The van der Waals surface area contributed by atoms with Crippen molar-refractivity contribution >= 4 is 11.3 Å². The van der Waals surface area contributed by atoms with E-state index in [0.29, 0.717) is 12.0 Å². The van der Waals surface area contributed by atoms with Gasteiger partial charge in [0.1, 0.15) is 0 Å². The summed E-state index contributed by atoms with van der Waals surface area (Å²) in [4.78, 5) is 4.73. The van der Waals surface area contributed by atoms with Crippen molar-refractivity contribution in [3.8, 4) is 0 Å². The van der Waals surface area contributed by atoms with E-state index in [2.05, 4.69) is 38.4 Å². The van der Waals surface area contributed by atoms with Crippen LogP contribution >= 0.6 is 11.3 Å². The molecule has 0 amide bonds. The fourth-order valence-electron chi connectivity index (χ4n) is 1.74. The molecule has 1 N–H and O–H groups in total. The Morgan fingerprint density at radius 1 is 1.33 bits per heavy atom. The minimum atomic E-state index is 0.384. The molecule has 0 aliphatic rings. The van der Waals surface area contributed by atoms with E-state index in [0.717, 1.165) is 6.54 Å². The predicted octanol–water partition coefficient (Wildman–Crippen LogP) is 3.72. The highest BCUT2D eigenvalue weighted by molar-refractivity contribution is 7.09. The molecule has 1 atom stereocenters. The summed E-state index contributed by atoms with van der Waals surface area (Å²) in [6, 6.07) is 0.384. The number of thiazole rings is 1. The highest BCUT2D eigenvalue weighted by Crippen LogP contribution is 2.27. The molecule has 86 valence electrons. The topological polar surface area (TPSA) is 24.9 Å². The van der Waals surface area contributed by atoms with Crippen LogP contribution in [0.4, 0.5) is 0 Å². The Hall–Kier alpha value is -0.410. The van der Waals surface area contributed by atoms with Gasteiger partial charge in [0, 0.05) is 17.3 Å². The van der Waals surface area contributed by atoms with Crippen molar-refractivity contribution in [1.29, 1.82) is 0 Å². The summed E-state index contributed by atoms with van der Waals surface area (Å²) < 4.78 is 0. The molecule has 0 saturated carbocycles. The second-order valence-electron chi connectivity index (χ2n) is 3.90. The monoisotopic (exact) mass is 226 g/mol. The fourth-order valence-corrected chi connectivity index (χ4v) is 2.92. The van der Waals surface area contributed by atoms with Gasteiger partial charge in [-0.2, -0.15) is 0 Å². The largest absolute Gasteiger partial charge is 0.309 e. The Bertz CT molecular complexity index is 279. The van der Waals surface area contributed by atoms with E-state index in [4.69, 9.17) is 4.98 Å². The summed E-state index contributed by atoms with van der Waals surface area (Å²) in [6.45, 7) is 9.78. The zero-order valence-corrected chi connectivity index (χ0v) is 11.0. The first kappa shape index (κ1) is 12.7. The second kappa shape index (κ2) is 6.23. The average Bonchev–Trinajstić information content (AvgIpc) is 2.69. The minimum Gasteiger partial charge on any atom is -0.309 e. The van der Waals surface area contributed by atoms with Gasteiger partial charge in [-0.05, 0) is 26.3 Å². The van der Waals surface area contributed by atoms with E-state index in [1.54, 1.807) is 0 Å². The summed E-state index contributed by atoms with van der Waals surface area (Å²) in [6.07, 6.45) is 2.39. The molecule has 0 aromatic carbocycles. The summed E-state index contributed by atoms with van der Waals surface area (Å²) in [5, 5.41) is 6.89. The van der Waals surface area contributed by atoms with Crippen molar-refractivity contribution in [2.75, 3.05) is 6.54 Å². The van der Waals surface area contributed by atoms with Crippen molar-refractivity contribution in [2.24, 2.45) is 0 Å². The van der Waals surface area contributed by atoms with Crippen molar-refractivity contribution in [3.05, 3.63) is 16.1 Å². The van der Waals surface area contributed by atoms with Crippen LogP contribution in [0.2, 0.25) is 0 Å². The molecule has 0 saturated heterocycles. The lowest BCUT2D eigenvalue weighted by Gasteiger charge is -2.10. The van der Waals surface area contributed by atoms with Crippen LogP contribution in [-0.2, 0) is 0 Å². The molecular weight excluding hydrogens is 204 g/mol. The highest BCUT2D eigenvalue weighted by atomic mass is 32.1. The van der Waals surface area contributed by atoms with E-state index in [-0.39, 0.29) is 0 Å². The smallest absolute Gasteiger partial charge is 0.0959 e. The number of rotatable bonds is 6. The minimum absolute atomic E-state index is 0.384. The molecule has 1 unspecified atom stereocenters. The van der Waals surface area contributed by atoms with Gasteiger partial charge in [0.25, 0.3) is 0 Å². The standard InChI is InChI=1S/C12H22N2S/c1-5-10(6-2)12-14-11(8-15-12)9(4)13-7-3/h8-10,13H,5-7H2,1-4H3. The molecule has 0 bridgehead atoms. The van der Waals surface area contributed by atoms with E-state index in [9.17, 15) is 0 Å². The normalized spacial score (nSPS) is 13.4. The van der Waals surface area contributed by atoms with Gasteiger partial charge in [-0.25, -0.2) is 4.98 Å². The Balaban J connectivity index is 2.70. The molecular formula is C12H22N2S. The molecule has 3 heteroatoms. The number of nitrogens with one attached hydrogen (secondary N) is 1. The lowest BCUT2D eigenvalue weighted by molar-refractivity contribution is 0.576. The molecule has 0 aliphatic carbocycles. The Labute approximate surface area is 97.1 Å². The number of nitrogens with zero attached hydrogens (tertiary/aromatic N) is 1.